The maximum atomic E-state index is 13.2. The lowest BCUT2D eigenvalue weighted by Gasteiger charge is -2.16. The highest BCUT2D eigenvalue weighted by Gasteiger charge is 2.15. The monoisotopic (exact) mass is 490 g/mol. The number of rotatable bonds is 4. The standard InChI is InChI=1S/C26H27BrN4O/c1-7-24-29-23-9-8-21(27)13-22(23)26(32)31(24)28-14-20-12-18(5)30(19(20)6)25-16(3)10-15(2)11-17(25)4/h8-14H,7H2,1-6H3. The molecule has 0 N–H and O–H groups in total. The van der Waals surface area contributed by atoms with Crippen molar-refractivity contribution in [2.45, 2.75) is 48.0 Å². The highest BCUT2D eigenvalue weighted by Crippen LogP contribution is 2.26. The second kappa shape index (κ2) is 8.51. The molecule has 0 amide bonds. The fourth-order valence-electron chi connectivity index (χ4n) is 4.45. The van der Waals surface area contributed by atoms with Crippen molar-refractivity contribution in [2.75, 3.05) is 0 Å². The predicted molar refractivity (Wildman–Crippen MR) is 136 cm³/mol. The molecule has 0 saturated carbocycles. The van der Waals surface area contributed by atoms with E-state index in [0.29, 0.717) is 23.1 Å². The maximum absolute atomic E-state index is 13.2. The molecule has 4 rings (SSSR count). The van der Waals surface area contributed by atoms with Gasteiger partial charge in [0.25, 0.3) is 5.56 Å². The molecule has 0 atom stereocenters. The van der Waals surface area contributed by atoms with Crippen LogP contribution >= 0.6 is 15.9 Å². The van der Waals surface area contributed by atoms with Crippen molar-refractivity contribution in [2.24, 2.45) is 5.10 Å². The number of nitrogens with zero attached hydrogens (tertiary/aromatic N) is 4. The second-order valence-electron chi connectivity index (χ2n) is 8.31. The Kier molecular flexibility index (Phi) is 5.91. The first-order valence-electron chi connectivity index (χ1n) is 10.7. The van der Waals surface area contributed by atoms with Gasteiger partial charge in [0, 0.05) is 27.8 Å². The van der Waals surface area contributed by atoms with E-state index in [9.17, 15) is 4.79 Å². The highest BCUT2D eigenvalue weighted by molar-refractivity contribution is 9.10. The van der Waals surface area contributed by atoms with E-state index in [0.717, 1.165) is 21.4 Å². The number of fused-ring (bicyclic) bond motifs is 1. The zero-order valence-corrected chi connectivity index (χ0v) is 20.9. The fraction of sp³-hybridized carbons (Fsp3) is 0.269. The SMILES string of the molecule is CCc1nc2ccc(Br)cc2c(=O)n1N=Cc1cc(C)n(-c2c(C)cc(C)cc2C)c1C. The number of halogens is 1. The topological polar surface area (TPSA) is 52.2 Å². The molecule has 6 heteroatoms. The van der Waals surface area contributed by atoms with Crippen molar-refractivity contribution in [3.8, 4) is 5.69 Å². The molecule has 2 heterocycles. The van der Waals surface area contributed by atoms with Gasteiger partial charge in [-0.2, -0.15) is 9.78 Å². The summed E-state index contributed by atoms with van der Waals surface area (Å²) in [6.07, 6.45) is 2.38. The van der Waals surface area contributed by atoms with Crippen LogP contribution < -0.4 is 5.56 Å². The molecule has 2 aromatic heterocycles. The van der Waals surface area contributed by atoms with Crippen LogP contribution in [-0.2, 0) is 6.42 Å². The van der Waals surface area contributed by atoms with Crippen LogP contribution in [0, 0.1) is 34.6 Å². The molecule has 4 aromatic rings. The summed E-state index contributed by atoms with van der Waals surface area (Å²) >= 11 is 3.44. The molecule has 0 aliphatic heterocycles. The lowest BCUT2D eigenvalue weighted by atomic mass is 10.0. The lowest BCUT2D eigenvalue weighted by molar-refractivity contribution is 0.734. The molecule has 164 valence electrons. The van der Waals surface area contributed by atoms with E-state index < -0.39 is 0 Å². The number of aromatic nitrogens is 3. The largest absolute Gasteiger partial charge is 0.317 e. The Morgan fingerprint density at radius 1 is 1.03 bits per heavy atom. The van der Waals surface area contributed by atoms with Crippen LogP contribution in [0.3, 0.4) is 0 Å². The van der Waals surface area contributed by atoms with Crippen LogP contribution in [0.4, 0.5) is 0 Å². The molecular weight excluding hydrogens is 464 g/mol. The van der Waals surface area contributed by atoms with Gasteiger partial charge in [0.15, 0.2) is 0 Å². The third-order valence-corrected chi connectivity index (χ3v) is 6.33. The third-order valence-electron chi connectivity index (χ3n) is 5.83. The Balaban J connectivity index is 1.84. The summed E-state index contributed by atoms with van der Waals surface area (Å²) in [6, 6.07) is 12.1. The van der Waals surface area contributed by atoms with Gasteiger partial charge < -0.3 is 4.57 Å². The Labute approximate surface area is 196 Å². The first-order valence-corrected chi connectivity index (χ1v) is 11.5. The molecule has 0 unspecified atom stereocenters. The van der Waals surface area contributed by atoms with Gasteiger partial charge in [0.1, 0.15) is 5.82 Å². The van der Waals surface area contributed by atoms with Gasteiger partial charge >= 0.3 is 0 Å². The van der Waals surface area contributed by atoms with Crippen molar-refractivity contribution < 1.29 is 0 Å². The minimum absolute atomic E-state index is 0.163. The van der Waals surface area contributed by atoms with Gasteiger partial charge in [-0.15, -0.1) is 0 Å². The van der Waals surface area contributed by atoms with Gasteiger partial charge in [0.05, 0.1) is 22.8 Å². The summed E-state index contributed by atoms with van der Waals surface area (Å²) in [5.74, 6) is 0.639. The molecule has 0 aliphatic rings. The fourth-order valence-corrected chi connectivity index (χ4v) is 4.81. The highest BCUT2D eigenvalue weighted by atomic mass is 79.9. The Morgan fingerprint density at radius 2 is 1.72 bits per heavy atom. The van der Waals surface area contributed by atoms with Gasteiger partial charge in [0.2, 0.25) is 0 Å². The third kappa shape index (κ3) is 3.84. The molecule has 32 heavy (non-hydrogen) atoms. The molecule has 0 bridgehead atoms. The average molecular weight is 491 g/mol. The van der Waals surface area contributed by atoms with Gasteiger partial charge in [-0.1, -0.05) is 40.5 Å². The lowest BCUT2D eigenvalue weighted by Crippen LogP contribution is -2.22. The van der Waals surface area contributed by atoms with Crippen LogP contribution in [0.2, 0.25) is 0 Å². The van der Waals surface area contributed by atoms with E-state index >= 15 is 0 Å². The van der Waals surface area contributed by atoms with Gasteiger partial charge in [-0.05, 0) is 70.0 Å². The summed E-state index contributed by atoms with van der Waals surface area (Å²) in [5, 5.41) is 5.13. The minimum atomic E-state index is -0.163. The summed E-state index contributed by atoms with van der Waals surface area (Å²) in [6.45, 7) is 12.6. The van der Waals surface area contributed by atoms with Crippen molar-refractivity contribution in [1.29, 1.82) is 0 Å². The molecular formula is C26H27BrN4O. The quantitative estimate of drug-likeness (QED) is 0.332. The van der Waals surface area contributed by atoms with E-state index in [1.54, 1.807) is 12.3 Å². The van der Waals surface area contributed by atoms with E-state index in [4.69, 9.17) is 0 Å². The van der Waals surface area contributed by atoms with Gasteiger partial charge in [-0.3, -0.25) is 4.79 Å². The molecule has 0 aliphatic carbocycles. The van der Waals surface area contributed by atoms with Crippen LogP contribution in [-0.4, -0.2) is 20.4 Å². The van der Waals surface area contributed by atoms with Crippen molar-refractivity contribution >= 4 is 33.0 Å². The van der Waals surface area contributed by atoms with E-state index in [1.165, 1.54) is 27.1 Å². The molecule has 0 spiro atoms. The summed E-state index contributed by atoms with van der Waals surface area (Å²) < 4.78 is 4.53. The summed E-state index contributed by atoms with van der Waals surface area (Å²) in [5.41, 5.74) is 8.65. The number of hydrogen-bond acceptors (Lipinski definition) is 3. The molecule has 0 saturated heterocycles. The van der Waals surface area contributed by atoms with Gasteiger partial charge in [-0.25, -0.2) is 4.98 Å². The zero-order valence-electron chi connectivity index (χ0n) is 19.3. The van der Waals surface area contributed by atoms with Crippen LogP contribution in [0.25, 0.3) is 16.6 Å². The second-order valence-corrected chi connectivity index (χ2v) is 9.23. The number of aryl methyl sites for hydroxylation is 5. The first-order chi connectivity index (χ1) is 15.2. The molecule has 5 nitrogen and oxygen atoms in total. The molecule has 2 aromatic carbocycles. The van der Waals surface area contributed by atoms with E-state index in [1.807, 2.05) is 19.1 Å². The van der Waals surface area contributed by atoms with Crippen LogP contribution in [0.5, 0.6) is 0 Å². The Hall–Kier alpha value is -2.99. The summed E-state index contributed by atoms with van der Waals surface area (Å²) in [7, 11) is 0. The van der Waals surface area contributed by atoms with Crippen LogP contribution in [0.1, 0.15) is 46.4 Å². The van der Waals surface area contributed by atoms with Crippen molar-refractivity contribution in [3.63, 3.8) is 0 Å². The normalized spacial score (nSPS) is 11.7. The minimum Gasteiger partial charge on any atom is -0.317 e. The number of benzene rings is 2. The Bertz CT molecular complexity index is 1420. The van der Waals surface area contributed by atoms with Crippen molar-refractivity contribution in [1.82, 2.24) is 14.2 Å². The zero-order chi connectivity index (χ0) is 23.2. The van der Waals surface area contributed by atoms with E-state index in [2.05, 4.69) is 83.4 Å². The molecule has 0 radical (unpaired) electrons. The van der Waals surface area contributed by atoms with E-state index in [-0.39, 0.29) is 5.56 Å². The number of hydrogen-bond donors (Lipinski definition) is 0. The summed E-state index contributed by atoms with van der Waals surface area (Å²) in [4.78, 5) is 17.8. The first kappa shape index (κ1) is 22.2. The average Bonchev–Trinajstić information content (AvgIpc) is 3.00. The predicted octanol–water partition coefficient (Wildman–Crippen LogP) is 5.94. The maximum Gasteiger partial charge on any atom is 0.282 e. The Morgan fingerprint density at radius 3 is 2.38 bits per heavy atom. The van der Waals surface area contributed by atoms with Crippen LogP contribution in [0.15, 0.2) is 50.8 Å². The molecule has 0 fully saturated rings. The smallest absolute Gasteiger partial charge is 0.282 e. The van der Waals surface area contributed by atoms with Crippen molar-refractivity contribution in [3.05, 3.63) is 90.7 Å².